The fraction of sp³-hybridized carbons (Fsp3) is 0.917. The Balaban J connectivity index is 1.64. The Hall–Kier alpha value is -0.980. The number of carbonyl (C=O) groups excluding carboxylic acids is 1. The van der Waals surface area contributed by atoms with Crippen LogP contribution in [0.4, 0.5) is 0 Å². The number of carbonyl (C=O) groups is 2. The third-order valence-corrected chi connectivity index (χ3v) is 10.2. The molecule has 0 bridgehead atoms. The first-order valence-corrected chi connectivity index (χ1v) is 11.8. The Morgan fingerprint density at radius 3 is 2.47 bits per heavy atom. The molecule has 0 aromatic heterocycles. The Bertz CT molecular complexity index is 708. The van der Waals surface area contributed by atoms with Gasteiger partial charge in [-0.2, -0.15) is 0 Å². The second kappa shape index (κ2) is 7.56. The summed E-state index contributed by atoms with van der Waals surface area (Å²) in [5.74, 6) is -0.261. The average Bonchev–Trinajstić information content (AvgIpc) is 3.01. The van der Waals surface area contributed by atoms with Gasteiger partial charge in [0.1, 0.15) is 5.78 Å². The van der Waals surface area contributed by atoms with Gasteiger partial charge >= 0.3 is 5.97 Å². The van der Waals surface area contributed by atoms with Gasteiger partial charge in [0.15, 0.2) is 0 Å². The van der Waals surface area contributed by atoms with Gasteiger partial charge < -0.3 is 20.4 Å². The topological polar surface area (TPSA) is 115 Å². The molecule has 4 rings (SSSR count). The quantitative estimate of drug-likeness (QED) is 0.554. The van der Waals surface area contributed by atoms with Crippen molar-refractivity contribution in [2.75, 3.05) is 0 Å². The molecule has 0 heterocycles. The first kappa shape index (κ1) is 22.2. The number of carboxylic acids is 1. The first-order chi connectivity index (χ1) is 14.0. The number of aliphatic hydroxyl groups is 3. The van der Waals surface area contributed by atoms with Crippen LogP contribution in [-0.4, -0.2) is 50.5 Å². The lowest BCUT2D eigenvalue weighted by Gasteiger charge is -2.62. The van der Waals surface area contributed by atoms with Gasteiger partial charge in [0.2, 0.25) is 0 Å². The molecule has 4 fully saturated rings. The molecule has 4 saturated carbocycles. The second-order valence-corrected chi connectivity index (χ2v) is 11.3. The Kier molecular flexibility index (Phi) is 5.60. The lowest BCUT2D eigenvalue weighted by molar-refractivity contribution is -0.205. The number of fused-ring (bicyclic) bond motifs is 5. The van der Waals surface area contributed by atoms with Crippen LogP contribution in [0.5, 0.6) is 0 Å². The summed E-state index contributed by atoms with van der Waals surface area (Å²) in [6.07, 6.45) is 2.66. The molecule has 0 unspecified atom stereocenters. The molecule has 4 aliphatic carbocycles. The number of Topliss-reactive ketones (excluding diaryl/α,β-unsaturated/α-hetero) is 1. The molecule has 0 aromatic carbocycles. The van der Waals surface area contributed by atoms with Crippen molar-refractivity contribution in [2.45, 2.75) is 90.4 Å². The second-order valence-electron chi connectivity index (χ2n) is 11.3. The lowest BCUT2D eigenvalue weighted by Crippen LogP contribution is -2.64. The van der Waals surface area contributed by atoms with Crippen LogP contribution in [0.2, 0.25) is 0 Å². The lowest BCUT2D eigenvalue weighted by atomic mass is 9.42. The summed E-state index contributed by atoms with van der Waals surface area (Å²) in [5.41, 5.74) is -0.945. The normalized spacial score (nSPS) is 51.6. The van der Waals surface area contributed by atoms with E-state index in [-0.39, 0.29) is 59.5 Å². The van der Waals surface area contributed by atoms with Crippen LogP contribution in [0.3, 0.4) is 0 Å². The fourth-order valence-electron chi connectivity index (χ4n) is 8.54. The molecule has 4 N–H and O–H groups in total. The van der Waals surface area contributed by atoms with Crippen LogP contribution >= 0.6 is 0 Å². The van der Waals surface area contributed by atoms with Crippen LogP contribution in [0.1, 0.15) is 72.1 Å². The van der Waals surface area contributed by atoms with Crippen LogP contribution in [0.15, 0.2) is 0 Å². The standard InChI is InChI=1S/C24H38O6/c1-12(4-7-21(29)30)15-5-6-16-22-17(11-20(28)24(15,16)3)23(2)13(9-18(22)26)8-14(25)10-19(23)27/h12-18,20,22,25-26,28H,4-11H2,1-3H3,(H,29,30)/t12-,13+,14+,15-,16+,17+,18-,20+,22+,23+,24-/m1/s1. The maximum atomic E-state index is 13.1. The van der Waals surface area contributed by atoms with E-state index in [1.807, 2.05) is 6.92 Å². The van der Waals surface area contributed by atoms with E-state index in [0.717, 1.165) is 12.8 Å². The van der Waals surface area contributed by atoms with Crippen molar-refractivity contribution in [1.82, 2.24) is 0 Å². The average molecular weight is 423 g/mol. The van der Waals surface area contributed by atoms with Gasteiger partial charge in [-0.1, -0.05) is 20.8 Å². The molecule has 0 radical (unpaired) electrons. The summed E-state index contributed by atoms with van der Waals surface area (Å²) in [7, 11) is 0. The van der Waals surface area contributed by atoms with E-state index in [2.05, 4.69) is 13.8 Å². The number of aliphatic hydroxyl groups excluding tert-OH is 3. The zero-order chi connectivity index (χ0) is 22.0. The number of hydrogen-bond donors (Lipinski definition) is 4. The molecule has 0 saturated heterocycles. The number of ketones is 1. The van der Waals surface area contributed by atoms with Crippen molar-refractivity contribution in [3.8, 4) is 0 Å². The van der Waals surface area contributed by atoms with E-state index in [9.17, 15) is 24.9 Å². The van der Waals surface area contributed by atoms with Crippen LogP contribution in [0, 0.1) is 46.3 Å². The minimum atomic E-state index is -0.787. The highest BCUT2D eigenvalue weighted by atomic mass is 16.4. The molecule has 4 aliphatic rings. The van der Waals surface area contributed by atoms with Crippen molar-refractivity contribution in [1.29, 1.82) is 0 Å². The summed E-state index contributed by atoms with van der Waals surface area (Å²) in [6.45, 7) is 6.26. The van der Waals surface area contributed by atoms with Gasteiger partial charge in [0.05, 0.1) is 18.3 Å². The highest BCUT2D eigenvalue weighted by Gasteiger charge is 2.67. The Morgan fingerprint density at radius 2 is 1.80 bits per heavy atom. The van der Waals surface area contributed by atoms with Gasteiger partial charge in [-0.15, -0.1) is 0 Å². The number of aliphatic carboxylic acids is 1. The van der Waals surface area contributed by atoms with Gasteiger partial charge in [0, 0.05) is 18.3 Å². The molecule has 30 heavy (non-hydrogen) atoms. The molecule has 6 nitrogen and oxygen atoms in total. The van der Waals surface area contributed by atoms with Crippen molar-refractivity contribution in [2.24, 2.45) is 46.3 Å². The summed E-state index contributed by atoms with van der Waals surface area (Å²) < 4.78 is 0. The third kappa shape index (κ3) is 3.08. The van der Waals surface area contributed by atoms with Crippen LogP contribution in [-0.2, 0) is 9.59 Å². The van der Waals surface area contributed by atoms with E-state index in [1.54, 1.807) is 0 Å². The van der Waals surface area contributed by atoms with Gasteiger partial charge in [-0.3, -0.25) is 9.59 Å². The zero-order valence-electron chi connectivity index (χ0n) is 18.5. The number of carboxylic acid groups (broad SMARTS) is 1. The fourth-order valence-corrected chi connectivity index (χ4v) is 8.54. The van der Waals surface area contributed by atoms with Crippen LogP contribution < -0.4 is 0 Å². The summed E-state index contributed by atoms with van der Waals surface area (Å²) in [5, 5.41) is 41.9. The maximum Gasteiger partial charge on any atom is 0.303 e. The number of hydrogen-bond acceptors (Lipinski definition) is 5. The van der Waals surface area contributed by atoms with E-state index in [0.29, 0.717) is 25.7 Å². The molecule has 170 valence electrons. The van der Waals surface area contributed by atoms with Crippen LogP contribution in [0.25, 0.3) is 0 Å². The molecule has 6 heteroatoms. The predicted octanol–water partition coefficient (Wildman–Crippen LogP) is 2.63. The molecule has 0 amide bonds. The van der Waals surface area contributed by atoms with E-state index in [4.69, 9.17) is 5.11 Å². The zero-order valence-corrected chi connectivity index (χ0v) is 18.5. The minimum Gasteiger partial charge on any atom is -0.481 e. The summed E-state index contributed by atoms with van der Waals surface area (Å²) in [6, 6.07) is 0. The third-order valence-electron chi connectivity index (χ3n) is 10.2. The predicted molar refractivity (Wildman–Crippen MR) is 110 cm³/mol. The summed E-state index contributed by atoms with van der Waals surface area (Å²) >= 11 is 0. The van der Waals surface area contributed by atoms with Crippen molar-refractivity contribution < 1.29 is 30.0 Å². The molecule has 0 spiro atoms. The Morgan fingerprint density at radius 1 is 1.10 bits per heavy atom. The number of rotatable bonds is 4. The highest BCUT2D eigenvalue weighted by Crippen LogP contribution is 2.67. The van der Waals surface area contributed by atoms with Crippen molar-refractivity contribution >= 4 is 11.8 Å². The van der Waals surface area contributed by atoms with Gasteiger partial charge in [-0.25, -0.2) is 0 Å². The molecular weight excluding hydrogens is 384 g/mol. The monoisotopic (exact) mass is 422 g/mol. The highest BCUT2D eigenvalue weighted by molar-refractivity contribution is 5.86. The Labute approximate surface area is 179 Å². The molecular formula is C24H38O6. The smallest absolute Gasteiger partial charge is 0.303 e. The van der Waals surface area contributed by atoms with E-state index < -0.39 is 29.7 Å². The molecule has 0 aliphatic heterocycles. The largest absolute Gasteiger partial charge is 0.481 e. The first-order valence-electron chi connectivity index (χ1n) is 11.8. The van der Waals surface area contributed by atoms with Crippen molar-refractivity contribution in [3.63, 3.8) is 0 Å². The molecule has 0 aromatic rings. The van der Waals surface area contributed by atoms with Gasteiger partial charge in [-0.05, 0) is 79.4 Å². The molecule has 11 atom stereocenters. The van der Waals surface area contributed by atoms with Crippen molar-refractivity contribution in [3.05, 3.63) is 0 Å². The van der Waals surface area contributed by atoms with Gasteiger partial charge in [0.25, 0.3) is 0 Å². The summed E-state index contributed by atoms with van der Waals surface area (Å²) in [4.78, 5) is 24.2. The van der Waals surface area contributed by atoms with E-state index >= 15 is 0 Å². The SMILES string of the molecule is C[C@H](CCC(=O)O)[C@H]1CC[C@H]2[C@@H]3[C@H](O)C[C@@H]4C[C@H](O)CC(=O)[C@]4(C)[C@H]3C[C@H](O)[C@]12C. The minimum absolute atomic E-state index is 0.0180. The maximum absolute atomic E-state index is 13.1. The van der Waals surface area contributed by atoms with E-state index in [1.165, 1.54) is 0 Å².